The molecule has 1 N–H and O–H groups in total. The summed E-state index contributed by atoms with van der Waals surface area (Å²) in [5.74, 6) is 0.773. The minimum absolute atomic E-state index is 0.0479. The van der Waals surface area contributed by atoms with Gasteiger partial charge in [0.25, 0.3) is 0 Å². The normalized spacial score (nSPS) is 11.4. The van der Waals surface area contributed by atoms with Crippen LogP contribution in [0.2, 0.25) is 0 Å². The molecule has 2 aromatic rings. The number of anilines is 2. The second-order valence-electron chi connectivity index (χ2n) is 8.53. The average Bonchev–Trinajstić information content (AvgIpc) is 2.67. The molecule has 0 aliphatic heterocycles. The number of hydrogen-bond donors (Lipinski definition) is 1. The molecular formula is C25H37N3O. The molecule has 0 spiro atoms. The zero-order valence-electron chi connectivity index (χ0n) is 19.1. The Kier molecular flexibility index (Phi) is 8.27. The van der Waals surface area contributed by atoms with Gasteiger partial charge >= 0.3 is 0 Å². The minimum atomic E-state index is 0.0479. The van der Waals surface area contributed by atoms with Crippen LogP contribution in [0.25, 0.3) is 0 Å². The first-order chi connectivity index (χ1) is 13.7. The Morgan fingerprint density at radius 1 is 0.931 bits per heavy atom. The maximum absolute atomic E-state index is 12.9. The van der Waals surface area contributed by atoms with Gasteiger partial charge in [-0.25, -0.2) is 0 Å². The molecule has 0 atom stereocenters. The largest absolute Gasteiger partial charge is 0.378 e. The first-order valence-electron chi connectivity index (χ1n) is 10.6. The number of rotatable bonds is 9. The summed E-state index contributed by atoms with van der Waals surface area (Å²) < 4.78 is 0. The van der Waals surface area contributed by atoms with Crippen molar-refractivity contribution in [3.05, 3.63) is 59.2 Å². The highest BCUT2D eigenvalue weighted by Gasteiger charge is 2.17. The van der Waals surface area contributed by atoms with Gasteiger partial charge in [-0.05, 0) is 47.2 Å². The summed E-state index contributed by atoms with van der Waals surface area (Å²) in [4.78, 5) is 17.2. The van der Waals surface area contributed by atoms with Crippen molar-refractivity contribution in [1.29, 1.82) is 0 Å². The lowest BCUT2D eigenvalue weighted by molar-refractivity contribution is -0.117. The van der Waals surface area contributed by atoms with E-state index in [0.29, 0.717) is 18.4 Å². The zero-order valence-corrected chi connectivity index (χ0v) is 19.1. The lowest BCUT2D eigenvalue weighted by Gasteiger charge is -2.23. The molecule has 1 amide bonds. The first kappa shape index (κ1) is 23.0. The third-order valence-electron chi connectivity index (χ3n) is 5.31. The van der Waals surface area contributed by atoms with E-state index >= 15 is 0 Å². The lowest BCUT2D eigenvalue weighted by Crippen LogP contribution is -2.33. The fourth-order valence-electron chi connectivity index (χ4n) is 3.51. The minimum Gasteiger partial charge on any atom is -0.378 e. The number of hydrogen-bond acceptors (Lipinski definition) is 3. The Hall–Kier alpha value is -2.33. The van der Waals surface area contributed by atoms with Crippen molar-refractivity contribution in [2.75, 3.05) is 37.4 Å². The van der Waals surface area contributed by atoms with E-state index in [1.807, 2.05) is 14.1 Å². The standard InChI is InChI=1S/C25H37N3O/c1-8-28(16-20-12-14-21(15-13-20)27(6)7)17-24(29)26-25-22(18(2)3)10-9-11-23(25)19(4)5/h9-15,18-19H,8,16-17H2,1-7H3,(H,26,29). The van der Waals surface area contributed by atoms with Crippen LogP contribution in [0, 0.1) is 0 Å². The van der Waals surface area contributed by atoms with Gasteiger partial charge in [0.15, 0.2) is 0 Å². The molecule has 0 aliphatic carbocycles. The van der Waals surface area contributed by atoms with Crippen molar-refractivity contribution >= 4 is 17.3 Å². The lowest BCUT2D eigenvalue weighted by atomic mass is 9.92. The second kappa shape index (κ2) is 10.4. The molecule has 0 heterocycles. The molecule has 0 unspecified atom stereocenters. The van der Waals surface area contributed by atoms with Crippen LogP contribution in [0.4, 0.5) is 11.4 Å². The molecule has 4 heteroatoms. The molecule has 0 radical (unpaired) electrons. The highest BCUT2D eigenvalue weighted by molar-refractivity contribution is 5.94. The summed E-state index contributed by atoms with van der Waals surface area (Å²) in [6, 6.07) is 14.9. The molecule has 0 saturated carbocycles. The monoisotopic (exact) mass is 395 g/mol. The van der Waals surface area contributed by atoms with Crippen LogP contribution in [0.5, 0.6) is 0 Å². The highest BCUT2D eigenvalue weighted by atomic mass is 16.2. The van der Waals surface area contributed by atoms with Crippen LogP contribution in [-0.2, 0) is 11.3 Å². The van der Waals surface area contributed by atoms with E-state index in [-0.39, 0.29) is 5.91 Å². The van der Waals surface area contributed by atoms with Crippen LogP contribution in [0.15, 0.2) is 42.5 Å². The third kappa shape index (κ3) is 6.33. The van der Waals surface area contributed by atoms with Gasteiger partial charge in [-0.3, -0.25) is 9.69 Å². The van der Waals surface area contributed by atoms with Crippen LogP contribution in [-0.4, -0.2) is 38.0 Å². The number of carbonyl (C=O) groups excluding carboxylic acids is 1. The molecule has 0 bridgehead atoms. The Morgan fingerprint density at radius 2 is 1.48 bits per heavy atom. The summed E-state index contributed by atoms with van der Waals surface area (Å²) >= 11 is 0. The smallest absolute Gasteiger partial charge is 0.238 e. The van der Waals surface area contributed by atoms with E-state index in [0.717, 1.165) is 18.8 Å². The van der Waals surface area contributed by atoms with Gasteiger partial charge in [-0.2, -0.15) is 0 Å². The van der Waals surface area contributed by atoms with Crippen LogP contribution >= 0.6 is 0 Å². The number of nitrogens with zero attached hydrogens (tertiary/aromatic N) is 2. The van der Waals surface area contributed by atoms with Crippen LogP contribution in [0.3, 0.4) is 0 Å². The van der Waals surface area contributed by atoms with E-state index in [9.17, 15) is 4.79 Å². The summed E-state index contributed by atoms with van der Waals surface area (Å²) in [5.41, 5.74) is 5.80. The Morgan fingerprint density at radius 3 is 1.93 bits per heavy atom. The fraction of sp³-hybridized carbons (Fsp3) is 0.480. The van der Waals surface area contributed by atoms with Crippen LogP contribution in [0.1, 0.15) is 63.1 Å². The number of carbonyl (C=O) groups is 1. The Labute approximate surface area is 176 Å². The molecule has 158 valence electrons. The summed E-state index contributed by atoms with van der Waals surface area (Å²) in [5, 5.41) is 3.23. The predicted octanol–water partition coefficient (Wildman–Crippen LogP) is 5.46. The number of para-hydroxylation sites is 1. The van der Waals surface area contributed by atoms with Crippen molar-refractivity contribution in [3.63, 3.8) is 0 Å². The number of nitrogens with one attached hydrogen (secondary N) is 1. The topological polar surface area (TPSA) is 35.6 Å². The van der Waals surface area contributed by atoms with Crippen molar-refractivity contribution in [1.82, 2.24) is 4.90 Å². The quantitative estimate of drug-likeness (QED) is 0.612. The molecule has 0 fully saturated rings. The third-order valence-corrected chi connectivity index (χ3v) is 5.31. The molecule has 2 rings (SSSR count). The van der Waals surface area contributed by atoms with E-state index in [4.69, 9.17) is 0 Å². The van der Waals surface area contributed by atoms with Gasteiger partial charge in [0, 0.05) is 32.0 Å². The van der Waals surface area contributed by atoms with E-state index in [1.165, 1.54) is 22.4 Å². The average molecular weight is 396 g/mol. The van der Waals surface area contributed by atoms with Gasteiger partial charge < -0.3 is 10.2 Å². The van der Waals surface area contributed by atoms with Crippen molar-refractivity contribution in [2.24, 2.45) is 0 Å². The van der Waals surface area contributed by atoms with Crippen molar-refractivity contribution < 1.29 is 4.79 Å². The zero-order chi connectivity index (χ0) is 21.6. The fourth-order valence-corrected chi connectivity index (χ4v) is 3.51. The van der Waals surface area contributed by atoms with Gasteiger partial charge in [-0.1, -0.05) is 65.0 Å². The molecular weight excluding hydrogens is 358 g/mol. The maximum atomic E-state index is 12.9. The summed E-state index contributed by atoms with van der Waals surface area (Å²) in [6.07, 6.45) is 0. The van der Waals surface area contributed by atoms with Crippen molar-refractivity contribution in [3.8, 4) is 0 Å². The molecule has 0 saturated heterocycles. The Balaban J connectivity index is 2.10. The summed E-state index contributed by atoms with van der Waals surface area (Å²) in [6.45, 7) is 12.8. The molecule has 0 aliphatic rings. The van der Waals surface area contributed by atoms with E-state index < -0.39 is 0 Å². The van der Waals surface area contributed by atoms with Gasteiger partial charge in [0.2, 0.25) is 5.91 Å². The number of benzene rings is 2. The molecule has 4 nitrogen and oxygen atoms in total. The van der Waals surface area contributed by atoms with Crippen LogP contribution < -0.4 is 10.2 Å². The predicted molar refractivity (Wildman–Crippen MR) is 125 cm³/mol. The van der Waals surface area contributed by atoms with E-state index in [1.54, 1.807) is 0 Å². The highest BCUT2D eigenvalue weighted by Crippen LogP contribution is 2.32. The van der Waals surface area contributed by atoms with Gasteiger partial charge in [0.05, 0.1) is 6.54 Å². The number of likely N-dealkylation sites (N-methyl/N-ethyl adjacent to an activating group) is 1. The second-order valence-corrected chi connectivity index (χ2v) is 8.53. The summed E-state index contributed by atoms with van der Waals surface area (Å²) in [7, 11) is 4.08. The maximum Gasteiger partial charge on any atom is 0.238 e. The van der Waals surface area contributed by atoms with Gasteiger partial charge in [-0.15, -0.1) is 0 Å². The number of amides is 1. The Bertz CT molecular complexity index is 768. The van der Waals surface area contributed by atoms with Gasteiger partial charge in [0.1, 0.15) is 0 Å². The SMILES string of the molecule is CCN(CC(=O)Nc1c(C(C)C)cccc1C(C)C)Cc1ccc(N(C)C)cc1. The van der Waals surface area contributed by atoms with E-state index in [2.05, 4.69) is 92.2 Å². The van der Waals surface area contributed by atoms with Crippen molar-refractivity contribution in [2.45, 2.75) is 53.0 Å². The first-order valence-corrected chi connectivity index (χ1v) is 10.6. The molecule has 29 heavy (non-hydrogen) atoms. The molecule has 2 aromatic carbocycles. The molecule has 0 aromatic heterocycles.